The number of nitrogens with one attached hydrogen (secondary N) is 1. The highest BCUT2D eigenvalue weighted by Crippen LogP contribution is 2.42. The Labute approximate surface area is 110 Å². The zero-order chi connectivity index (χ0) is 13.2. The van der Waals surface area contributed by atoms with Crippen LogP contribution >= 0.6 is 0 Å². The Morgan fingerprint density at radius 3 is 2.79 bits per heavy atom. The van der Waals surface area contributed by atoms with Crippen LogP contribution in [0.1, 0.15) is 28.5 Å². The molecule has 0 bridgehead atoms. The molecule has 0 unspecified atom stereocenters. The van der Waals surface area contributed by atoms with E-state index in [2.05, 4.69) is 27.4 Å². The fourth-order valence-corrected chi connectivity index (χ4v) is 2.16. The van der Waals surface area contributed by atoms with Crippen LogP contribution in [-0.4, -0.2) is 27.1 Å². The quantitative estimate of drug-likeness (QED) is 0.875. The smallest absolute Gasteiger partial charge is 0.374 e. The number of hydrogen-bond acceptors (Lipinski definition) is 4. The Balaban J connectivity index is 1.68. The molecular formula is C14H13N3O2. The molecule has 1 aliphatic carbocycles. The molecule has 2 N–H and O–H groups in total. The van der Waals surface area contributed by atoms with Gasteiger partial charge < -0.3 is 10.4 Å². The molecule has 1 fully saturated rings. The second-order valence-electron chi connectivity index (χ2n) is 4.57. The summed E-state index contributed by atoms with van der Waals surface area (Å²) in [5.41, 5.74) is 1.30. The molecule has 5 heteroatoms. The number of benzene rings is 1. The maximum Gasteiger partial charge on any atom is 0.374 e. The van der Waals surface area contributed by atoms with Crippen molar-refractivity contribution < 1.29 is 9.90 Å². The van der Waals surface area contributed by atoms with Gasteiger partial charge in [0.15, 0.2) is 0 Å². The normalized spacial score (nSPS) is 20.8. The monoisotopic (exact) mass is 255 g/mol. The third kappa shape index (κ3) is 2.54. The summed E-state index contributed by atoms with van der Waals surface area (Å²) >= 11 is 0. The van der Waals surface area contributed by atoms with Gasteiger partial charge in [-0.05, 0) is 18.1 Å². The van der Waals surface area contributed by atoms with Gasteiger partial charge in [-0.2, -0.15) is 0 Å². The van der Waals surface area contributed by atoms with E-state index in [9.17, 15) is 4.79 Å². The number of aromatic carboxylic acids is 1. The molecule has 0 saturated heterocycles. The predicted octanol–water partition coefficient (Wildman–Crippen LogP) is 2.14. The number of hydrogen-bond donors (Lipinski definition) is 2. The Bertz CT molecular complexity index is 601. The van der Waals surface area contributed by atoms with Gasteiger partial charge in [0, 0.05) is 18.2 Å². The minimum atomic E-state index is -1.11. The molecule has 5 nitrogen and oxygen atoms in total. The maximum atomic E-state index is 10.8. The van der Waals surface area contributed by atoms with Gasteiger partial charge in [0.05, 0.1) is 0 Å². The van der Waals surface area contributed by atoms with Gasteiger partial charge in [-0.25, -0.2) is 14.8 Å². The Hall–Kier alpha value is -2.43. The number of carboxylic acids is 1. The molecule has 2 aromatic rings. The SMILES string of the molecule is O=C(O)c1nccc(N[C@H]2C[C@@H]2c2ccccc2)n1. The van der Waals surface area contributed by atoms with Gasteiger partial charge in [0.2, 0.25) is 5.82 Å². The van der Waals surface area contributed by atoms with Gasteiger partial charge in [0.1, 0.15) is 5.82 Å². The van der Waals surface area contributed by atoms with Crippen LogP contribution < -0.4 is 5.32 Å². The fourth-order valence-electron chi connectivity index (χ4n) is 2.16. The Morgan fingerprint density at radius 2 is 2.05 bits per heavy atom. The van der Waals surface area contributed by atoms with E-state index in [0.717, 1.165) is 6.42 Å². The zero-order valence-electron chi connectivity index (χ0n) is 10.2. The minimum Gasteiger partial charge on any atom is -0.475 e. The van der Waals surface area contributed by atoms with Crippen LogP contribution in [0.15, 0.2) is 42.6 Å². The van der Waals surface area contributed by atoms with Gasteiger partial charge in [0.25, 0.3) is 0 Å². The van der Waals surface area contributed by atoms with Crippen molar-refractivity contribution in [3.05, 3.63) is 54.0 Å². The molecular weight excluding hydrogens is 242 g/mol. The van der Waals surface area contributed by atoms with Crippen LogP contribution in [0.4, 0.5) is 5.82 Å². The van der Waals surface area contributed by atoms with Gasteiger partial charge in [-0.15, -0.1) is 0 Å². The summed E-state index contributed by atoms with van der Waals surface area (Å²) in [6, 6.07) is 12.3. The van der Waals surface area contributed by atoms with Crippen molar-refractivity contribution in [1.82, 2.24) is 9.97 Å². The van der Waals surface area contributed by atoms with E-state index in [-0.39, 0.29) is 5.82 Å². The molecule has 1 aromatic heterocycles. The van der Waals surface area contributed by atoms with Crippen LogP contribution in [0.25, 0.3) is 0 Å². The van der Waals surface area contributed by atoms with Gasteiger partial charge in [-0.3, -0.25) is 0 Å². The summed E-state index contributed by atoms with van der Waals surface area (Å²) in [5, 5.41) is 12.1. The number of carboxylic acid groups (broad SMARTS) is 1. The van der Waals surface area contributed by atoms with E-state index in [1.807, 2.05) is 18.2 Å². The topological polar surface area (TPSA) is 75.1 Å². The standard InChI is InChI=1S/C14H13N3O2/c18-14(19)13-15-7-6-12(17-13)16-11-8-10(11)9-4-2-1-3-5-9/h1-7,10-11H,8H2,(H,18,19)(H,15,16,17)/t10-,11+/m1/s1. The summed E-state index contributed by atoms with van der Waals surface area (Å²) < 4.78 is 0. The van der Waals surface area contributed by atoms with Crippen molar-refractivity contribution in [2.24, 2.45) is 0 Å². The lowest BCUT2D eigenvalue weighted by atomic mass is 10.1. The fraction of sp³-hybridized carbons (Fsp3) is 0.214. The molecule has 1 aliphatic rings. The molecule has 3 rings (SSSR count). The first-order valence-electron chi connectivity index (χ1n) is 6.12. The molecule has 0 spiro atoms. The third-order valence-corrected chi connectivity index (χ3v) is 3.20. The highest BCUT2D eigenvalue weighted by Gasteiger charge is 2.38. The number of aromatic nitrogens is 2. The lowest BCUT2D eigenvalue weighted by Crippen LogP contribution is -2.10. The highest BCUT2D eigenvalue weighted by molar-refractivity contribution is 5.83. The van der Waals surface area contributed by atoms with Gasteiger partial charge >= 0.3 is 5.97 Å². The van der Waals surface area contributed by atoms with Crippen molar-refractivity contribution in [2.45, 2.75) is 18.4 Å². The van der Waals surface area contributed by atoms with E-state index >= 15 is 0 Å². The largest absolute Gasteiger partial charge is 0.475 e. The molecule has 1 heterocycles. The third-order valence-electron chi connectivity index (χ3n) is 3.20. The van der Waals surface area contributed by atoms with Crippen molar-refractivity contribution in [3.63, 3.8) is 0 Å². The zero-order valence-corrected chi connectivity index (χ0v) is 10.2. The van der Waals surface area contributed by atoms with Crippen molar-refractivity contribution in [3.8, 4) is 0 Å². The van der Waals surface area contributed by atoms with Gasteiger partial charge in [-0.1, -0.05) is 30.3 Å². The average Bonchev–Trinajstić information content (AvgIpc) is 3.19. The first-order chi connectivity index (χ1) is 9.24. The maximum absolute atomic E-state index is 10.8. The first-order valence-corrected chi connectivity index (χ1v) is 6.12. The molecule has 0 radical (unpaired) electrons. The van der Waals surface area contributed by atoms with Crippen molar-refractivity contribution >= 4 is 11.8 Å². The summed E-state index contributed by atoms with van der Waals surface area (Å²) in [6.45, 7) is 0. The molecule has 96 valence electrons. The first kappa shape index (κ1) is 11.6. The molecule has 19 heavy (non-hydrogen) atoms. The van der Waals surface area contributed by atoms with Crippen LogP contribution in [0.2, 0.25) is 0 Å². The minimum absolute atomic E-state index is 0.179. The number of rotatable bonds is 4. The molecule has 2 atom stereocenters. The second-order valence-corrected chi connectivity index (χ2v) is 4.57. The molecule has 1 aromatic carbocycles. The lowest BCUT2D eigenvalue weighted by molar-refractivity contribution is 0.0683. The highest BCUT2D eigenvalue weighted by atomic mass is 16.4. The van der Waals surface area contributed by atoms with E-state index in [4.69, 9.17) is 5.11 Å². The van der Waals surface area contributed by atoms with E-state index < -0.39 is 5.97 Å². The van der Waals surface area contributed by atoms with Crippen LogP contribution in [0, 0.1) is 0 Å². The number of anilines is 1. The predicted molar refractivity (Wildman–Crippen MR) is 70.2 cm³/mol. The average molecular weight is 255 g/mol. The van der Waals surface area contributed by atoms with Crippen LogP contribution in [0.3, 0.4) is 0 Å². The van der Waals surface area contributed by atoms with E-state index in [0.29, 0.717) is 17.8 Å². The number of nitrogens with zero attached hydrogens (tertiary/aromatic N) is 2. The summed E-state index contributed by atoms with van der Waals surface area (Å²) in [7, 11) is 0. The van der Waals surface area contributed by atoms with Crippen molar-refractivity contribution in [2.75, 3.05) is 5.32 Å². The van der Waals surface area contributed by atoms with Crippen molar-refractivity contribution in [1.29, 1.82) is 0 Å². The molecule has 0 aliphatic heterocycles. The number of carbonyl (C=O) groups is 1. The summed E-state index contributed by atoms with van der Waals surface area (Å²) in [6.07, 6.45) is 2.50. The second kappa shape index (κ2) is 4.68. The molecule has 1 saturated carbocycles. The lowest BCUT2D eigenvalue weighted by Gasteiger charge is -2.05. The van der Waals surface area contributed by atoms with E-state index in [1.54, 1.807) is 6.07 Å². The van der Waals surface area contributed by atoms with Crippen LogP contribution in [-0.2, 0) is 0 Å². The van der Waals surface area contributed by atoms with Crippen LogP contribution in [0.5, 0.6) is 0 Å². The Kier molecular flexibility index (Phi) is 2.87. The van der Waals surface area contributed by atoms with E-state index in [1.165, 1.54) is 11.8 Å². The molecule has 0 amide bonds. The summed E-state index contributed by atoms with van der Waals surface area (Å²) in [4.78, 5) is 18.4. The Morgan fingerprint density at radius 1 is 1.26 bits per heavy atom. The summed E-state index contributed by atoms with van der Waals surface area (Å²) in [5.74, 6) is -0.249.